The molecule has 15 heavy (non-hydrogen) atoms. The Morgan fingerprint density at radius 1 is 1.40 bits per heavy atom. The standard InChI is InChI=1S/C8H4BrF3INO/c9-5-3(7(14)15)1-2-4(6(5)13)8(10,11)12/h1-2H,(H2,14,15). The number of halogens is 5. The molecule has 2 nitrogen and oxygen atoms in total. The van der Waals surface area contributed by atoms with Crippen LogP contribution in [0.2, 0.25) is 0 Å². The average molecular weight is 394 g/mol. The van der Waals surface area contributed by atoms with Crippen LogP contribution in [0.25, 0.3) is 0 Å². The molecule has 0 aromatic heterocycles. The highest BCUT2D eigenvalue weighted by atomic mass is 127. The number of amides is 1. The van der Waals surface area contributed by atoms with Gasteiger partial charge in [-0.2, -0.15) is 13.2 Å². The molecule has 0 bridgehead atoms. The van der Waals surface area contributed by atoms with Crippen LogP contribution in [-0.2, 0) is 6.18 Å². The van der Waals surface area contributed by atoms with Crippen molar-refractivity contribution in [3.05, 3.63) is 31.3 Å². The number of carbonyl (C=O) groups excluding carboxylic acids is 1. The lowest BCUT2D eigenvalue weighted by molar-refractivity contribution is -0.138. The third kappa shape index (κ3) is 2.63. The Labute approximate surface area is 105 Å². The molecule has 1 aromatic rings. The molecule has 1 amide bonds. The van der Waals surface area contributed by atoms with Crippen molar-refractivity contribution < 1.29 is 18.0 Å². The maximum atomic E-state index is 12.4. The van der Waals surface area contributed by atoms with Gasteiger partial charge in [0.25, 0.3) is 0 Å². The van der Waals surface area contributed by atoms with Gasteiger partial charge in [0.1, 0.15) is 0 Å². The Morgan fingerprint density at radius 2 is 1.93 bits per heavy atom. The van der Waals surface area contributed by atoms with Gasteiger partial charge in [-0.1, -0.05) is 0 Å². The van der Waals surface area contributed by atoms with E-state index in [9.17, 15) is 18.0 Å². The molecule has 0 spiro atoms. The van der Waals surface area contributed by atoms with E-state index in [2.05, 4.69) is 15.9 Å². The SMILES string of the molecule is NC(=O)c1ccc(C(F)(F)F)c(I)c1Br. The second-order valence-electron chi connectivity index (χ2n) is 2.65. The third-order valence-electron chi connectivity index (χ3n) is 1.65. The monoisotopic (exact) mass is 393 g/mol. The van der Waals surface area contributed by atoms with Crippen LogP contribution in [0, 0.1) is 3.57 Å². The Balaban J connectivity index is 3.41. The molecule has 1 rings (SSSR count). The summed E-state index contributed by atoms with van der Waals surface area (Å²) in [5.41, 5.74) is 4.23. The lowest BCUT2D eigenvalue weighted by Crippen LogP contribution is -2.15. The molecule has 0 atom stereocenters. The number of benzene rings is 1. The van der Waals surface area contributed by atoms with Gasteiger partial charge in [-0.05, 0) is 50.7 Å². The van der Waals surface area contributed by atoms with E-state index in [1.54, 1.807) is 0 Å². The van der Waals surface area contributed by atoms with Crippen LogP contribution < -0.4 is 5.73 Å². The fourth-order valence-corrected chi connectivity index (χ4v) is 2.28. The number of rotatable bonds is 1. The van der Waals surface area contributed by atoms with Crippen LogP contribution in [0.3, 0.4) is 0 Å². The van der Waals surface area contributed by atoms with E-state index in [0.29, 0.717) is 0 Å². The average Bonchev–Trinajstić information content (AvgIpc) is 2.06. The zero-order valence-electron chi connectivity index (χ0n) is 7.03. The topological polar surface area (TPSA) is 43.1 Å². The third-order valence-corrected chi connectivity index (χ3v) is 4.34. The van der Waals surface area contributed by atoms with Gasteiger partial charge in [0.15, 0.2) is 0 Å². The highest BCUT2D eigenvalue weighted by Crippen LogP contribution is 2.37. The lowest BCUT2D eigenvalue weighted by atomic mass is 10.1. The Morgan fingerprint density at radius 3 is 2.33 bits per heavy atom. The van der Waals surface area contributed by atoms with E-state index in [1.807, 2.05) is 0 Å². The molecule has 0 saturated heterocycles. The normalized spacial score (nSPS) is 11.5. The molecule has 0 aliphatic heterocycles. The van der Waals surface area contributed by atoms with E-state index in [-0.39, 0.29) is 13.6 Å². The second kappa shape index (κ2) is 4.28. The number of primary amides is 1. The molecule has 0 heterocycles. The molecule has 2 N–H and O–H groups in total. The summed E-state index contributed by atoms with van der Waals surface area (Å²) in [6, 6.07) is 1.89. The number of hydrogen-bond donors (Lipinski definition) is 1. The molecule has 0 fully saturated rings. The number of carbonyl (C=O) groups is 1. The fraction of sp³-hybridized carbons (Fsp3) is 0.125. The number of alkyl halides is 3. The maximum absolute atomic E-state index is 12.4. The summed E-state index contributed by atoms with van der Waals surface area (Å²) in [7, 11) is 0. The van der Waals surface area contributed by atoms with E-state index < -0.39 is 17.6 Å². The molecule has 0 unspecified atom stereocenters. The van der Waals surface area contributed by atoms with E-state index in [4.69, 9.17) is 5.73 Å². The number of nitrogens with two attached hydrogens (primary N) is 1. The first-order valence-electron chi connectivity index (χ1n) is 3.60. The molecular formula is C8H4BrF3INO. The molecule has 82 valence electrons. The van der Waals surface area contributed by atoms with E-state index in [0.717, 1.165) is 12.1 Å². The molecule has 7 heteroatoms. The van der Waals surface area contributed by atoms with Crippen molar-refractivity contribution in [2.24, 2.45) is 5.73 Å². The first-order chi connectivity index (χ1) is 6.75. The quantitative estimate of drug-likeness (QED) is 0.732. The lowest BCUT2D eigenvalue weighted by Gasteiger charge is -2.11. The smallest absolute Gasteiger partial charge is 0.366 e. The van der Waals surface area contributed by atoms with Crippen LogP contribution in [0.1, 0.15) is 15.9 Å². The van der Waals surface area contributed by atoms with Gasteiger partial charge in [-0.15, -0.1) is 0 Å². The molecular weight excluding hydrogens is 390 g/mol. The summed E-state index contributed by atoms with van der Waals surface area (Å²) in [5, 5.41) is 0. The van der Waals surface area contributed by atoms with Gasteiger partial charge in [0.05, 0.1) is 11.1 Å². The molecule has 0 radical (unpaired) electrons. The molecule has 0 aliphatic carbocycles. The van der Waals surface area contributed by atoms with E-state index in [1.165, 1.54) is 22.6 Å². The molecule has 0 saturated carbocycles. The fourth-order valence-electron chi connectivity index (χ4n) is 0.959. The first kappa shape index (κ1) is 12.8. The van der Waals surface area contributed by atoms with Crippen molar-refractivity contribution in [2.75, 3.05) is 0 Å². The predicted molar refractivity (Wildman–Crippen MR) is 60.4 cm³/mol. The zero-order valence-corrected chi connectivity index (χ0v) is 10.8. The first-order valence-corrected chi connectivity index (χ1v) is 5.47. The highest BCUT2D eigenvalue weighted by Gasteiger charge is 2.34. The van der Waals surface area contributed by atoms with Crippen molar-refractivity contribution in [3.63, 3.8) is 0 Å². The van der Waals surface area contributed by atoms with Gasteiger partial charge in [-0.25, -0.2) is 0 Å². The van der Waals surface area contributed by atoms with Crippen LogP contribution in [0.15, 0.2) is 16.6 Å². The Hall–Kier alpha value is -0.310. The zero-order chi connectivity index (χ0) is 11.8. The maximum Gasteiger partial charge on any atom is 0.417 e. The van der Waals surface area contributed by atoms with Crippen molar-refractivity contribution in [1.82, 2.24) is 0 Å². The molecule has 1 aromatic carbocycles. The van der Waals surface area contributed by atoms with Crippen LogP contribution >= 0.6 is 38.5 Å². The van der Waals surface area contributed by atoms with Crippen molar-refractivity contribution in [3.8, 4) is 0 Å². The highest BCUT2D eigenvalue weighted by molar-refractivity contribution is 14.1. The minimum atomic E-state index is -4.44. The minimum absolute atomic E-state index is 0.0346. The van der Waals surface area contributed by atoms with Crippen molar-refractivity contribution in [2.45, 2.75) is 6.18 Å². The largest absolute Gasteiger partial charge is 0.417 e. The van der Waals surface area contributed by atoms with Gasteiger partial charge < -0.3 is 5.73 Å². The summed E-state index contributed by atoms with van der Waals surface area (Å²) in [6.45, 7) is 0. The molecule has 0 aliphatic rings. The van der Waals surface area contributed by atoms with Crippen molar-refractivity contribution in [1.29, 1.82) is 0 Å². The van der Waals surface area contributed by atoms with Crippen LogP contribution in [0.5, 0.6) is 0 Å². The van der Waals surface area contributed by atoms with Crippen LogP contribution in [-0.4, -0.2) is 5.91 Å². The van der Waals surface area contributed by atoms with Gasteiger partial charge in [0.2, 0.25) is 5.91 Å². The summed E-state index contributed by atoms with van der Waals surface area (Å²) < 4.78 is 37.3. The minimum Gasteiger partial charge on any atom is -0.366 e. The second-order valence-corrected chi connectivity index (χ2v) is 4.52. The van der Waals surface area contributed by atoms with Gasteiger partial charge in [0, 0.05) is 8.04 Å². The van der Waals surface area contributed by atoms with Gasteiger partial charge in [-0.3, -0.25) is 4.79 Å². The van der Waals surface area contributed by atoms with Gasteiger partial charge >= 0.3 is 6.18 Å². The Bertz CT molecular complexity index is 419. The number of hydrogen-bond acceptors (Lipinski definition) is 1. The summed E-state index contributed by atoms with van der Waals surface area (Å²) in [4.78, 5) is 10.8. The van der Waals surface area contributed by atoms with E-state index >= 15 is 0 Å². The van der Waals surface area contributed by atoms with Crippen molar-refractivity contribution >= 4 is 44.4 Å². The Kier molecular flexibility index (Phi) is 3.64. The summed E-state index contributed by atoms with van der Waals surface area (Å²) in [5.74, 6) is -0.770. The summed E-state index contributed by atoms with van der Waals surface area (Å²) in [6.07, 6.45) is -4.44. The summed E-state index contributed by atoms with van der Waals surface area (Å²) >= 11 is 4.43. The van der Waals surface area contributed by atoms with Crippen LogP contribution in [0.4, 0.5) is 13.2 Å². The predicted octanol–water partition coefficient (Wildman–Crippen LogP) is 3.17.